The van der Waals surface area contributed by atoms with Gasteiger partial charge in [0.25, 0.3) is 5.91 Å². The molecule has 0 heterocycles. The van der Waals surface area contributed by atoms with Gasteiger partial charge in [-0.2, -0.15) is 0 Å². The molecule has 0 fully saturated rings. The van der Waals surface area contributed by atoms with Gasteiger partial charge in [0.2, 0.25) is 0 Å². The quantitative estimate of drug-likeness (QED) is 0.815. The number of benzene rings is 1. The molecule has 1 rings (SSSR count). The summed E-state index contributed by atoms with van der Waals surface area (Å²) >= 11 is 8.14. The molecular formula is C13H18ClIN2O. The van der Waals surface area contributed by atoms with E-state index in [1.165, 1.54) is 0 Å². The molecule has 1 aromatic rings. The van der Waals surface area contributed by atoms with Gasteiger partial charge in [0.15, 0.2) is 0 Å². The highest BCUT2D eigenvalue weighted by molar-refractivity contribution is 14.1. The molecule has 0 saturated carbocycles. The average Bonchev–Trinajstić information content (AvgIpc) is 2.29. The molecule has 1 aromatic carbocycles. The Morgan fingerprint density at radius 3 is 2.56 bits per heavy atom. The Labute approximate surface area is 127 Å². The van der Waals surface area contributed by atoms with Crippen LogP contribution in [-0.2, 0) is 0 Å². The third-order valence-corrected chi connectivity index (χ3v) is 4.65. The van der Waals surface area contributed by atoms with E-state index in [4.69, 9.17) is 11.6 Å². The Morgan fingerprint density at radius 2 is 2.06 bits per heavy atom. The van der Waals surface area contributed by atoms with E-state index in [9.17, 15) is 4.79 Å². The summed E-state index contributed by atoms with van der Waals surface area (Å²) in [5, 5.41) is 3.53. The van der Waals surface area contributed by atoms with Crippen LogP contribution < -0.4 is 5.32 Å². The predicted octanol–water partition coefficient (Wildman–Crippen LogP) is 3.01. The molecule has 0 saturated heterocycles. The van der Waals surface area contributed by atoms with Crippen molar-refractivity contribution >= 4 is 40.1 Å². The third-order valence-electron chi connectivity index (χ3n) is 3.07. The van der Waals surface area contributed by atoms with Crippen molar-refractivity contribution in [1.29, 1.82) is 0 Å². The van der Waals surface area contributed by atoms with Crippen LogP contribution in [-0.4, -0.2) is 37.0 Å². The summed E-state index contributed by atoms with van der Waals surface area (Å²) in [5.41, 5.74) is 0.512. The Morgan fingerprint density at radius 1 is 1.44 bits per heavy atom. The Bertz CT molecular complexity index is 447. The van der Waals surface area contributed by atoms with Gasteiger partial charge in [0.05, 0.1) is 5.02 Å². The average molecular weight is 381 g/mol. The monoisotopic (exact) mass is 380 g/mol. The summed E-state index contributed by atoms with van der Waals surface area (Å²) in [6.07, 6.45) is 0. The van der Waals surface area contributed by atoms with Crippen molar-refractivity contribution in [3.05, 3.63) is 32.4 Å². The number of carbonyl (C=O) groups excluding carboxylic acids is 1. The fourth-order valence-electron chi connectivity index (χ4n) is 1.19. The van der Waals surface area contributed by atoms with E-state index in [1.807, 2.05) is 20.2 Å². The molecule has 0 atom stereocenters. The molecule has 0 aromatic heterocycles. The molecule has 0 aliphatic carbocycles. The first-order valence-electron chi connectivity index (χ1n) is 5.65. The fraction of sp³-hybridized carbons (Fsp3) is 0.462. The van der Waals surface area contributed by atoms with Crippen LogP contribution >= 0.6 is 34.2 Å². The molecule has 5 heteroatoms. The standard InChI is InChI=1S/C13H18ClIN2O/c1-13(2,17(3)4)8-16-12(18)9-5-6-11(15)10(14)7-9/h5-7H,8H2,1-4H3,(H,16,18). The van der Waals surface area contributed by atoms with E-state index in [0.29, 0.717) is 17.1 Å². The van der Waals surface area contributed by atoms with E-state index in [1.54, 1.807) is 12.1 Å². The van der Waals surface area contributed by atoms with Gasteiger partial charge >= 0.3 is 0 Å². The number of hydrogen-bond donors (Lipinski definition) is 1. The van der Waals surface area contributed by atoms with E-state index in [-0.39, 0.29) is 11.4 Å². The van der Waals surface area contributed by atoms with Crippen molar-refractivity contribution in [1.82, 2.24) is 10.2 Å². The maximum atomic E-state index is 12.0. The van der Waals surface area contributed by atoms with Gasteiger partial charge in [0.1, 0.15) is 0 Å². The van der Waals surface area contributed by atoms with Gasteiger partial charge in [0, 0.05) is 21.2 Å². The molecule has 3 nitrogen and oxygen atoms in total. The minimum Gasteiger partial charge on any atom is -0.350 e. The van der Waals surface area contributed by atoms with Gasteiger partial charge in [-0.25, -0.2) is 0 Å². The molecule has 0 aliphatic rings. The molecule has 1 amide bonds. The molecule has 100 valence electrons. The van der Waals surface area contributed by atoms with Crippen molar-refractivity contribution < 1.29 is 4.79 Å². The van der Waals surface area contributed by atoms with Crippen LogP contribution in [0, 0.1) is 3.57 Å². The van der Waals surface area contributed by atoms with Crippen LogP contribution in [0.25, 0.3) is 0 Å². The van der Waals surface area contributed by atoms with Gasteiger partial charge in [-0.05, 0) is 68.7 Å². The maximum Gasteiger partial charge on any atom is 0.251 e. The van der Waals surface area contributed by atoms with E-state index < -0.39 is 0 Å². The summed E-state index contributed by atoms with van der Waals surface area (Å²) < 4.78 is 0.944. The lowest BCUT2D eigenvalue weighted by Gasteiger charge is -2.32. The lowest BCUT2D eigenvalue weighted by Crippen LogP contribution is -2.48. The highest BCUT2D eigenvalue weighted by Gasteiger charge is 2.21. The zero-order chi connectivity index (χ0) is 13.9. The van der Waals surface area contributed by atoms with Crippen LogP contribution in [0.1, 0.15) is 24.2 Å². The van der Waals surface area contributed by atoms with E-state index in [0.717, 1.165) is 3.57 Å². The number of amides is 1. The van der Waals surface area contributed by atoms with Gasteiger partial charge < -0.3 is 10.2 Å². The van der Waals surface area contributed by atoms with Crippen molar-refractivity contribution in [2.75, 3.05) is 20.6 Å². The smallest absolute Gasteiger partial charge is 0.251 e. The number of nitrogens with one attached hydrogen (secondary N) is 1. The SMILES string of the molecule is CN(C)C(C)(C)CNC(=O)c1ccc(I)c(Cl)c1. The minimum absolute atomic E-state index is 0.0807. The Hall–Kier alpha value is -0.330. The van der Waals surface area contributed by atoms with Crippen molar-refractivity contribution in [2.45, 2.75) is 19.4 Å². The molecule has 0 radical (unpaired) electrons. The second-order valence-corrected chi connectivity index (χ2v) is 6.59. The van der Waals surface area contributed by atoms with Crippen LogP contribution in [0.15, 0.2) is 18.2 Å². The van der Waals surface area contributed by atoms with Crippen molar-refractivity contribution in [3.63, 3.8) is 0 Å². The number of rotatable bonds is 4. The van der Waals surface area contributed by atoms with Gasteiger partial charge in [-0.3, -0.25) is 4.79 Å². The number of nitrogens with zero attached hydrogens (tertiary/aromatic N) is 1. The lowest BCUT2D eigenvalue weighted by molar-refractivity contribution is 0.0919. The van der Waals surface area contributed by atoms with E-state index >= 15 is 0 Å². The van der Waals surface area contributed by atoms with Crippen molar-refractivity contribution in [3.8, 4) is 0 Å². The molecule has 0 spiro atoms. The van der Waals surface area contributed by atoms with Crippen LogP contribution in [0.4, 0.5) is 0 Å². The first kappa shape index (κ1) is 15.7. The summed E-state index contributed by atoms with van der Waals surface area (Å²) in [7, 11) is 3.99. The largest absolute Gasteiger partial charge is 0.350 e. The summed E-state index contributed by atoms with van der Waals surface area (Å²) in [6.45, 7) is 4.74. The third kappa shape index (κ3) is 4.10. The normalized spacial score (nSPS) is 11.7. The fourth-order valence-corrected chi connectivity index (χ4v) is 1.71. The number of hydrogen-bond acceptors (Lipinski definition) is 2. The predicted molar refractivity (Wildman–Crippen MR) is 84.3 cm³/mol. The highest BCUT2D eigenvalue weighted by atomic mass is 127. The Kier molecular flexibility index (Phi) is 5.43. The molecule has 0 aliphatic heterocycles. The molecule has 0 bridgehead atoms. The van der Waals surface area contributed by atoms with Crippen LogP contribution in [0.2, 0.25) is 5.02 Å². The summed E-state index contributed by atoms with van der Waals surface area (Å²) in [4.78, 5) is 14.1. The lowest BCUT2D eigenvalue weighted by atomic mass is 10.0. The zero-order valence-electron chi connectivity index (χ0n) is 11.1. The molecule has 18 heavy (non-hydrogen) atoms. The number of likely N-dealkylation sites (N-methyl/N-ethyl adjacent to an activating group) is 1. The Balaban J connectivity index is 2.69. The summed E-state index contributed by atoms with van der Waals surface area (Å²) in [6, 6.07) is 5.32. The van der Waals surface area contributed by atoms with Gasteiger partial charge in [-0.15, -0.1) is 0 Å². The molecule has 1 N–H and O–H groups in total. The number of halogens is 2. The van der Waals surface area contributed by atoms with Gasteiger partial charge in [-0.1, -0.05) is 11.6 Å². The first-order chi connectivity index (χ1) is 8.24. The van der Waals surface area contributed by atoms with Crippen LogP contribution in [0.5, 0.6) is 0 Å². The topological polar surface area (TPSA) is 32.3 Å². The highest BCUT2D eigenvalue weighted by Crippen LogP contribution is 2.19. The van der Waals surface area contributed by atoms with Crippen LogP contribution in [0.3, 0.4) is 0 Å². The summed E-state index contributed by atoms with van der Waals surface area (Å²) in [5.74, 6) is -0.0942. The molecular weight excluding hydrogens is 363 g/mol. The zero-order valence-corrected chi connectivity index (χ0v) is 14.0. The minimum atomic E-state index is -0.0942. The second-order valence-electron chi connectivity index (χ2n) is 5.02. The van der Waals surface area contributed by atoms with E-state index in [2.05, 4.69) is 46.7 Å². The molecule has 0 unspecified atom stereocenters. The maximum absolute atomic E-state index is 12.0. The second kappa shape index (κ2) is 6.21. The number of carbonyl (C=O) groups is 1. The van der Waals surface area contributed by atoms with Crippen molar-refractivity contribution in [2.24, 2.45) is 0 Å². The first-order valence-corrected chi connectivity index (χ1v) is 7.10.